The molecule has 2 amide bonds. The van der Waals surface area contributed by atoms with Crippen molar-refractivity contribution in [3.05, 3.63) is 63.1 Å². The Morgan fingerprint density at radius 3 is 2.44 bits per heavy atom. The third-order valence-corrected chi connectivity index (χ3v) is 10.7. The van der Waals surface area contributed by atoms with Crippen molar-refractivity contribution >= 4 is 22.7 Å². The molecule has 5 heterocycles. The number of amides is 2. The number of hydrogen-bond donors (Lipinski definition) is 4. The lowest BCUT2D eigenvalue weighted by Crippen LogP contribution is -2.64. The van der Waals surface area contributed by atoms with Gasteiger partial charge in [-0.2, -0.15) is 0 Å². The minimum absolute atomic E-state index is 0.0354. The summed E-state index contributed by atoms with van der Waals surface area (Å²) < 4.78 is 18.9. The van der Waals surface area contributed by atoms with Gasteiger partial charge in [0.2, 0.25) is 18.6 Å². The van der Waals surface area contributed by atoms with Gasteiger partial charge in [0.1, 0.15) is 24.0 Å². The fraction of sp³-hybridized carbons (Fsp3) is 0.500. The van der Waals surface area contributed by atoms with Crippen LogP contribution in [0.3, 0.4) is 0 Å². The Bertz CT molecular complexity index is 1980. The Hall–Kier alpha value is -4.42. The SMILES string of the molecule is C=C1OCc2c(cc3n(c2=O)Cc2c-3nc3cc4c(cc3c2C2(C)CC(C)(NC(=O)C(C)NC(=O)[C@@H](N)C(C)C)C2)OCO4)[C@@]1(O)CC. The number of ether oxygens (including phenoxy) is 3. The number of pyridine rings is 2. The Labute approximate surface area is 278 Å². The standard InChI is InChI=1S/C36H43N5O7/c1-8-36(45)19(5)46-13-22-23(36)10-25-30-21(12-41(25)33(22)44)28(20-9-26-27(48-16-47-26)11-24(20)39-30)34(6)14-35(7,15-34)40-31(42)18(4)38-32(43)29(37)17(2)3/h9-11,17-18,29,45H,5,8,12-16,37H2,1-4,6-7H3,(H,38,43)(H,40,42)/t18?,29-,34?,35?,36+/m0/s1. The molecule has 1 unspecified atom stereocenters. The van der Waals surface area contributed by atoms with Crippen molar-refractivity contribution in [3.63, 3.8) is 0 Å². The highest BCUT2D eigenvalue weighted by atomic mass is 16.7. The molecule has 5 N–H and O–H groups in total. The van der Waals surface area contributed by atoms with Crippen LogP contribution in [0.4, 0.5) is 0 Å². The molecule has 1 fully saturated rings. The highest BCUT2D eigenvalue weighted by Crippen LogP contribution is 2.55. The predicted molar refractivity (Wildman–Crippen MR) is 178 cm³/mol. The number of carbonyl (C=O) groups excluding carboxylic acids is 2. The Kier molecular flexibility index (Phi) is 7.23. The second-order valence-electron chi connectivity index (χ2n) is 14.7. The van der Waals surface area contributed by atoms with E-state index < -0.39 is 28.6 Å². The molecular weight excluding hydrogens is 614 g/mol. The molecular formula is C36H43N5O7. The van der Waals surface area contributed by atoms with Gasteiger partial charge < -0.3 is 40.3 Å². The summed E-state index contributed by atoms with van der Waals surface area (Å²) in [5.41, 5.74) is 8.15. The molecule has 0 saturated heterocycles. The first-order valence-corrected chi connectivity index (χ1v) is 16.6. The maximum absolute atomic E-state index is 14.0. The lowest BCUT2D eigenvalue weighted by Gasteiger charge is -2.54. The number of hydrogen-bond acceptors (Lipinski definition) is 9. The normalized spacial score (nSPS) is 26.2. The maximum Gasteiger partial charge on any atom is 0.258 e. The Morgan fingerprint density at radius 1 is 1.08 bits per heavy atom. The molecule has 3 aromatic rings. The molecule has 1 aromatic carbocycles. The van der Waals surface area contributed by atoms with Crippen LogP contribution in [0.5, 0.6) is 11.5 Å². The minimum atomic E-state index is -1.49. The Balaban J connectivity index is 1.28. The number of fused-ring (bicyclic) bond motifs is 6. The van der Waals surface area contributed by atoms with E-state index in [4.69, 9.17) is 24.9 Å². The third kappa shape index (κ3) is 4.71. The fourth-order valence-corrected chi connectivity index (χ4v) is 8.29. The van der Waals surface area contributed by atoms with Crippen molar-refractivity contribution in [1.82, 2.24) is 20.2 Å². The smallest absolute Gasteiger partial charge is 0.258 e. The predicted octanol–water partition coefficient (Wildman–Crippen LogP) is 3.21. The molecule has 0 bridgehead atoms. The maximum atomic E-state index is 14.0. The largest absolute Gasteiger partial charge is 0.490 e. The highest BCUT2D eigenvalue weighted by Gasteiger charge is 2.53. The molecule has 254 valence electrons. The van der Waals surface area contributed by atoms with Gasteiger partial charge in [0, 0.05) is 28.1 Å². The molecule has 4 aliphatic rings. The number of nitrogens with zero attached hydrogens (tertiary/aromatic N) is 2. The third-order valence-electron chi connectivity index (χ3n) is 10.7. The number of aromatic nitrogens is 2. The number of benzene rings is 1. The van der Waals surface area contributed by atoms with Gasteiger partial charge in [-0.1, -0.05) is 34.3 Å². The quantitative estimate of drug-likeness (QED) is 0.233. The first-order valence-electron chi connectivity index (χ1n) is 16.6. The summed E-state index contributed by atoms with van der Waals surface area (Å²) in [7, 11) is 0. The molecule has 7 rings (SSSR count). The molecule has 1 saturated carbocycles. The topological polar surface area (TPSA) is 167 Å². The summed E-state index contributed by atoms with van der Waals surface area (Å²) in [6.45, 7) is 15.8. The first kappa shape index (κ1) is 32.1. The first-order chi connectivity index (χ1) is 22.6. The minimum Gasteiger partial charge on any atom is -0.490 e. The van der Waals surface area contributed by atoms with Gasteiger partial charge in [-0.3, -0.25) is 14.4 Å². The van der Waals surface area contributed by atoms with Crippen LogP contribution in [0.25, 0.3) is 22.3 Å². The van der Waals surface area contributed by atoms with Crippen LogP contribution >= 0.6 is 0 Å². The summed E-state index contributed by atoms with van der Waals surface area (Å²) in [5, 5.41) is 18.4. The van der Waals surface area contributed by atoms with Crippen LogP contribution in [0.15, 0.2) is 35.3 Å². The van der Waals surface area contributed by atoms with Gasteiger partial charge in [0.25, 0.3) is 5.56 Å². The van der Waals surface area contributed by atoms with Crippen LogP contribution in [0.2, 0.25) is 0 Å². The Morgan fingerprint density at radius 2 is 1.77 bits per heavy atom. The van der Waals surface area contributed by atoms with Gasteiger partial charge in [-0.05, 0) is 62.1 Å². The van der Waals surface area contributed by atoms with Gasteiger partial charge in [0.15, 0.2) is 11.5 Å². The second-order valence-corrected chi connectivity index (χ2v) is 14.7. The molecule has 1 aliphatic carbocycles. The van der Waals surface area contributed by atoms with E-state index >= 15 is 0 Å². The van der Waals surface area contributed by atoms with Crippen LogP contribution in [0, 0.1) is 5.92 Å². The number of carbonyl (C=O) groups is 2. The van der Waals surface area contributed by atoms with E-state index in [9.17, 15) is 19.5 Å². The van der Waals surface area contributed by atoms with Crippen molar-refractivity contribution in [1.29, 1.82) is 0 Å². The zero-order chi connectivity index (χ0) is 34.5. The van der Waals surface area contributed by atoms with Gasteiger partial charge in [-0.25, -0.2) is 4.98 Å². The van der Waals surface area contributed by atoms with Gasteiger partial charge in [0.05, 0.1) is 35.1 Å². The molecule has 0 spiro atoms. The second kappa shape index (κ2) is 10.8. The molecule has 12 nitrogen and oxygen atoms in total. The van der Waals surface area contributed by atoms with Crippen LogP contribution in [-0.4, -0.2) is 50.9 Å². The number of nitrogens with one attached hydrogen (secondary N) is 2. The van der Waals surface area contributed by atoms with Crippen molar-refractivity contribution in [3.8, 4) is 22.9 Å². The summed E-state index contributed by atoms with van der Waals surface area (Å²) >= 11 is 0. The van der Waals surface area contributed by atoms with Crippen LogP contribution < -0.4 is 31.4 Å². The number of rotatable bonds is 7. The van der Waals surface area contributed by atoms with Crippen molar-refractivity contribution < 1.29 is 28.9 Å². The zero-order valence-corrected chi connectivity index (χ0v) is 28.3. The summed E-state index contributed by atoms with van der Waals surface area (Å²) in [6, 6.07) is 4.23. The van der Waals surface area contributed by atoms with E-state index in [2.05, 4.69) is 24.1 Å². The summed E-state index contributed by atoms with van der Waals surface area (Å²) in [5.74, 6) is 0.741. The molecule has 12 heteroatoms. The van der Waals surface area contributed by atoms with E-state index in [1.165, 1.54) is 0 Å². The van der Waals surface area contributed by atoms with Gasteiger partial charge >= 0.3 is 0 Å². The summed E-state index contributed by atoms with van der Waals surface area (Å²) in [4.78, 5) is 44.9. The fourth-order valence-electron chi connectivity index (χ4n) is 8.29. The van der Waals surface area contributed by atoms with Crippen LogP contribution in [-0.2, 0) is 38.5 Å². The lowest BCUT2D eigenvalue weighted by molar-refractivity contribution is -0.131. The number of nitrogens with two attached hydrogens (primary N) is 1. The van der Waals surface area contributed by atoms with E-state index in [0.717, 1.165) is 16.5 Å². The van der Waals surface area contributed by atoms with E-state index in [-0.39, 0.29) is 42.5 Å². The zero-order valence-electron chi connectivity index (χ0n) is 28.3. The molecule has 3 atom stereocenters. The number of aliphatic hydroxyl groups is 1. The average molecular weight is 658 g/mol. The van der Waals surface area contributed by atoms with E-state index in [1.54, 1.807) is 11.5 Å². The molecule has 3 aliphatic heterocycles. The van der Waals surface area contributed by atoms with E-state index in [1.807, 2.05) is 45.9 Å². The molecule has 0 radical (unpaired) electrons. The molecule has 48 heavy (non-hydrogen) atoms. The van der Waals surface area contributed by atoms with Crippen LogP contribution in [0.1, 0.15) is 83.1 Å². The van der Waals surface area contributed by atoms with Crippen molar-refractivity contribution in [2.24, 2.45) is 11.7 Å². The lowest BCUT2D eigenvalue weighted by atomic mass is 9.55. The summed E-state index contributed by atoms with van der Waals surface area (Å²) in [6.07, 6.45) is 1.50. The monoisotopic (exact) mass is 657 g/mol. The highest BCUT2D eigenvalue weighted by molar-refractivity contribution is 5.93. The van der Waals surface area contributed by atoms with E-state index in [0.29, 0.717) is 65.3 Å². The average Bonchev–Trinajstić information content (AvgIpc) is 3.63. The molecule has 2 aromatic heterocycles. The van der Waals surface area contributed by atoms with Crippen molar-refractivity contribution in [2.45, 2.75) is 103 Å². The van der Waals surface area contributed by atoms with Crippen molar-refractivity contribution in [2.75, 3.05) is 6.79 Å². The van der Waals surface area contributed by atoms with Gasteiger partial charge in [-0.15, -0.1) is 0 Å².